The lowest BCUT2D eigenvalue weighted by atomic mass is 9.86. The molecule has 0 amide bonds. The van der Waals surface area contributed by atoms with Gasteiger partial charge in [-0.1, -0.05) is 6.42 Å². The molecule has 0 saturated heterocycles. The van der Waals surface area contributed by atoms with Crippen LogP contribution in [0, 0.1) is 5.92 Å². The van der Waals surface area contributed by atoms with Crippen LogP contribution >= 0.6 is 0 Å². The standard InChI is InChI=1S/C11H17N3O4S/c1-14-6-10(12-7-14)19(17,18)13-9-4-2-3-8(5-9)11(15)16/h6-9,13H,2-5H2,1H3,(H,15,16). The van der Waals surface area contributed by atoms with E-state index in [2.05, 4.69) is 9.71 Å². The number of nitrogens with one attached hydrogen (secondary N) is 1. The van der Waals surface area contributed by atoms with Crippen LogP contribution < -0.4 is 4.72 Å². The molecule has 1 saturated carbocycles. The molecule has 8 heteroatoms. The van der Waals surface area contributed by atoms with Crippen LogP contribution in [0.1, 0.15) is 25.7 Å². The average molecular weight is 287 g/mol. The third-order valence-corrected chi connectivity index (χ3v) is 4.71. The first-order valence-electron chi connectivity index (χ1n) is 6.11. The van der Waals surface area contributed by atoms with Crippen molar-refractivity contribution in [3.63, 3.8) is 0 Å². The fourth-order valence-electron chi connectivity index (χ4n) is 2.33. The Bertz CT molecular complexity index is 566. The van der Waals surface area contributed by atoms with Gasteiger partial charge in [0, 0.05) is 19.3 Å². The van der Waals surface area contributed by atoms with Crippen molar-refractivity contribution < 1.29 is 18.3 Å². The van der Waals surface area contributed by atoms with Gasteiger partial charge >= 0.3 is 5.97 Å². The van der Waals surface area contributed by atoms with Gasteiger partial charge in [-0.2, -0.15) is 0 Å². The number of aryl methyl sites for hydroxylation is 1. The Morgan fingerprint density at radius 1 is 1.53 bits per heavy atom. The van der Waals surface area contributed by atoms with Gasteiger partial charge in [0.25, 0.3) is 10.0 Å². The van der Waals surface area contributed by atoms with E-state index in [1.54, 1.807) is 11.6 Å². The summed E-state index contributed by atoms with van der Waals surface area (Å²) >= 11 is 0. The highest BCUT2D eigenvalue weighted by molar-refractivity contribution is 7.89. The molecular formula is C11H17N3O4S. The molecule has 1 aromatic rings. The molecule has 0 aliphatic heterocycles. The van der Waals surface area contributed by atoms with Crippen molar-refractivity contribution in [3.05, 3.63) is 12.5 Å². The lowest BCUT2D eigenvalue weighted by molar-refractivity contribution is -0.143. The van der Waals surface area contributed by atoms with Gasteiger partial charge in [-0.05, 0) is 19.3 Å². The van der Waals surface area contributed by atoms with E-state index in [1.165, 1.54) is 12.5 Å². The number of carboxylic acids is 1. The maximum atomic E-state index is 12.1. The Hall–Kier alpha value is -1.41. The number of aliphatic carboxylic acids is 1. The number of hydrogen-bond acceptors (Lipinski definition) is 4. The summed E-state index contributed by atoms with van der Waals surface area (Å²) in [5, 5.41) is 8.95. The normalized spacial score (nSPS) is 24.3. The quantitative estimate of drug-likeness (QED) is 0.831. The van der Waals surface area contributed by atoms with E-state index >= 15 is 0 Å². The minimum Gasteiger partial charge on any atom is -0.481 e. The molecule has 2 N–H and O–H groups in total. The molecule has 2 atom stereocenters. The van der Waals surface area contributed by atoms with E-state index in [4.69, 9.17) is 5.11 Å². The van der Waals surface area contributed by atoms with E-state index in [9.17, 15) is 13.2 Å². The van der Waals surface area contributed by atoms with Gasteiger partial charge in [-0.25, -0.2) is 18.1 Å². The van der Waals surface area contributed by atoms with Gasteiger partial charge in [0.05, 0.1) is 12.2 Å². The molecule has 1 aromatic heterocycles. The topological polar surface area (TPSA) is 101 Å². The largest absolute Gasteiger partial charge is 0.481 e. The summed E-state index contributed by atoms with van der Waals surface area (Å²) in [5.74, 6) is -1.33. The second-order valence-corrected chi connectivity index (χ2v) is 6.56. The van der Waals surface area contributed by atoms with Crippen molar-refractivity contribution in [2.75, 3.05) is 0 Å². The van der Waals surface area contributed by atoms with Crippen molar-refractivity contribution in [3.8, 4) is 0 Å². The SMILES string of the molecule is Cn1cnc(S(=O)(=O)NC2CCCC(C(=O)O)C2)c1. The first kappa shape index (κ1) is 14.0. The smallest absolute Gasteiger partial charge is 0.306 e. The second kappa shape index (κ2) is 5.30. The Labute approximate surface area is 111 Å². The van der Waals surface area contributed by atoms with Crippen LogP contribution in [-0.4, -0.2) is 35.1 Å². The molecule has 1 aliphatic carbocycles. The lowest BCUT2D eigenvalue weighted by Crippen LogP contribution is -2.40. The summed E-state index contributed by atoms with van der Waals surface area (Å²) in [5.41, 5.74) is 0. The molecular weight excluding hydrogens is 270 g/mol. The van der Waals surface area contributed by atoms with Crippen LogP contribution in [0.15, 0.2) is 17.6 Å². The summed E-state index contributed by atoms with van der Waals surface area (Å²) in [6.07, 6.45) is 5.15. The van der Waals surface area contributed by atoms with Crippen LogP contribution in [0.3, 0.4) is 0 Å². The monoisotopic (exact) mass is 287 g/mol. The molecule has 0 aromatic carbocycles. The minimum atomic E-state index is -3.66. The number of imidazole rings is 1. The molecule has 1 aliphatic rings. The molecule has 2 rings (SSSR count). The Kier molecular flexibility index (Phi) is 3.91. The molecule has 7 nitrogen and oxygen atoms in total. The number of rotatable bonds is 4. The Balaban J connectivity index is 2.06. The average Bonchev–Trinajstić information content (AvgIpc) is 2.76. The maximum Gasteiger partial charge on any atom is 0.306 e. The molecule has 0 spiro atoms. The molecule has 0 radical (unpaired) electrons. The summed E-state index contributed by atoms with van der Waals surface area (Å²) in [7, 11) is -1.98. The zero-order valence-electron chi connectivity index (χ0n) is 10.6. The third kappa shape index (κ3) is 3.32. The van der Waals surface area contributed by atoms with Crippen molar-refractivity contribution in [2.24, 2.45) is 13.0 Å². The van der Waals surface area contributed by atoms with Gasteiger partial charge in [0.2, 0.25) is 0 Å². The molecule has 19 heavy (non-hydrogen) atoms. The van der Waals surface area contributed by atoms with Crippen LogP contribution in [0.2, 0.25) is 0 Å². The van der Waals surface area contributed by atoms with Crippen molar-refractivity contribution in [1.29, 1.82) is 0 Å². The number of carboxylic acid groups (broad SMARTS) is 1. The first-order valence-corrected chi connectivity index (χ1v) is 7.60. The Morgan fingerprint density at radius 2 is 2.26 bits per heavy atom. The van der Waals surface area contributed by atoms with Crippen LogP contribution in [0.25, 0.3) is 0 Å². The summed E-state index contributed by atoms with van der Waals surface area (Å²) in [6.45, 7) is 0. The highest BCUT2D eigenvalue weighted by atomic mass is 32.2. The fourth-order valence-corrected chi connectivity index (χ4v) is 3.59. The van der Waals surface area contributed by atoms with Crippen molar-refractivity contribution >= 4 is 16.0 Å². The van der Waals surface area contributed by atoms with Crippen molar-refractivity contribution in [2.45, 2.75) is 36.8 Å². The third-order valence-electron chi connectivity index (χ3n) is 3.30. The second-order valence-electron chi connectivity index (χ2n) is 4.90. The molecule has 1 fully saturated rings. The Morgan fingerprint density at radius 3 is 2.84 bits per heavy atom. The van der Waals surface area contributed by atoms with Crippen LogP contribution in [-0.2, 0) is 21.9 Å². The summed E-state index contributed by atoms with van der Waals surface area (Å²) < 4.78 is 28.2. The van der Waals surface area contributed by atoms with Crippen LogP contribution in [0.5, 0.6) is 0 Å². The highest BCUT2D eigenvalue weighted by Crippen LogP contribution is 2.25. The number of nitrogens with zero attached hydrogens (tertiary/aromatic N) is 2. The summed E-state index contributed by atoms with van der Waals surface area (Å²) in [4.78, 5) is 14.7. The number of sulfonamides is 1. The van der Waals surface area contributed by atoms with E-state index < -0.39 is 21.9 Å². The zero-order valence-corrected chi connectivity index (χ0v) is 11.4. The lowest BCUT2D eigenvalue weighted by Gasteiger charge is -2.26. The highest BCUT2D eigenvalue weighted by Gasteiger charge is 2.30. The van der Waals surface area contributed by atoms with E-state index in [0.29, 0.717) is 25.7 Å². The first-order chi connectivity index (χ1) is 8.88. The molecule has 1 heterocycles. The van der Waals surface area contributed by atoms with E-state index in [0.717, 1.165) is 0 Å². The number of carbonyl (C=O) groups is 1. The van der Waals surface area contributed by atoms with Crippen molar-refractivity contribution in [1.82, 2.24) is 14.3 Å². The van der Waals surface area contributed by atoms with Gasteiger partial charge in [-0.3, -0.25) is 4.79 Å². The van der Waals surface area contributed by atoms with Gasteiger partial charge in [0.15, 0.2) is 5.03 Å². The maximum absolute atomic E-state index is 12.1. The molecule has 2 unspecified atom stereocenters. The van der Waals surface area contributed by atoms with E-state index in [-0.39, 0.29) is 11.1 Å². The molecule has 0 bridgehead atoms. The predicted octanol–water partition coefficient (Wildman–Crippen LogP) is 0.342. The number of hydrogen-bond donors (Lipinski definition) is 2. The van der Waals surface area contributed by atoms with Gasteiger partial charge < -0.3 is 9.67 Å². The molecule has 106 valence electrons. The zero-order chi connectivity index (χ0) is 14.0. The fraction of sp³-hybridized carbons (Fsp3) is 0.636. The van der Waals surface area contributed by atoms with Crippen LogP contribution in [0.4, 0.5) is 0 Å². The van der Waals surface area contributed by atoms with Gasteiger partial charge in [0.1, 0.15) is 0 Å². The summed E-state index contributed by atoms with van der Waals surface area (Å²) in [6, 6.07) is -0.332. The minimum absolute atomic E-state index is 0.0348. The van der Waals surface area contributed by atoms with Gasteiger partial charge in [-0.15, -0.1) is 0 Å². The predicted molar refractivity (Wildman–Crippen MR) is 66.9 cm³/mol. The number of aromatic nitrogens is 2. The van der Waals surface area contributed by atoms with E-state index in [1.807, 2.05) is 0 Å².